The van der Waals surface area contributed by atoms with Gasteiger partial charge in [-0.05, 0) is 36.3 Å². The summed E-state index contributed by atoms with van der Waals surface area (Å²) in [5.74, 6) is 0.953. The summed E-state index contributed by atoms with van der Waals surface area (Å²) in [6, 6.07) is 4.26. The SMILES string of the molecule is CCOC(=O)N1CCC(n2nnnc2COc2cc(OC)ccc2[N+](=O)[O-])CC1. The van der Waals surface area contributed by atoms with Crippen molar-refractivity contribution in [2.75, 3.05) is 26.8 Å². The highest BCUT2D eigenvalue weighted by atomic mass is 16.6. The number of hydrogen-bond acceptors (Lipinski definition) is 9. The van der Waals surface area contributed by atoms with Crippen molar-refractivity contribution in [2.45, 2.75) is 32.4 Å². The molecule has 1 aliphatic heterocycles. The Labute approximate surface area is 166 Å². The maximum Gasteiger partial charge on any atom is 0.409 e. The van der Waals surface area contributed by atoms with Crippen molar-refractivity contribution < 1.29 is 23.9 Å². The molecule has 0 saturated carbocycles. The second-order valence-corrected chi connectivity index (χ2v) is 6.34. The van der Waals surface area contributed by atoms with Crippen molar-refractivity contribution in [3.05, 3.63) is 34.1 Å². The fourth-order valence-electron chi connectivity index (χ4n) is 3.13. The van der Waals surface area contributed by atoms with E-state index >= 15 is 0 Å². The van der Waals surface area contributed by atoms with Gasteiger partial charge in [0.2, 0.25) is 5.75 Å². The van der Waals surface area contributed by atoms with E-state index in [0.717, 1.165) is 0 Å². The van der Waals surface area contributed by atoms with Crippen LogP contribution in [0.5, 0.6) is 11.5 Å². The zero-order valence-corrected chi connectivity index (χ0v) is 16.2. The number of carbonyl (C=O) groups is 1. The molecule has 3 rings (SSSR count). The van der Waals surface area contributed by atoms with Gasteiger partial charge in [-0.2, -0.15) is 0 Å². The van der Waals surface area contributed by atoms with E-state index in [-0.39, 0.29) is 30.2 Å². The van der Waals surface area contributed by atoms with Gasteiger partial charge in [-0.15, -0.1) is 5.10 Å². The molecule has 1 amide bonds. The van der Waals surface area contributed by atoms with Crippen LogP contribution in [-0.4, -0.2) is 62.9 Å². The van der Waals surface area contributed by atoms with Crippen molar-refractivity contribution in [2.24, 2.45) is 0 Å². The van der Waals surface area contributed by atoms with Crippen LogP contribution in [0.15, 0.2) is 18.2 Å². The Hall–Kier alpha value is -3.44. The minimum atomic E-state index is -0.525. The van der Waals surface area contributed by atoms with Gasteiger partial charge < -0.3 is 19.1 Å². The monoisotopic (exact) mass is 406 g/mol. The van der Waals surface area contributed by atoms with Crippen LogP contribution in [0.2, 0.25) is 0 Å². The van der Waals surface area contributed by atoms with Crippen LogP contribution in [0.25, 0.3) is 0 Å². The number of ether oxygens (including phenoxy) is 3. The summed E-state index contributed by atoms with van der Waals surface area (Å²) in [6.45, 7) is 3.13. The number of nitrogens with zero attached hydrogens (tertiary/aromatic N) is 6. The smallest absolute Gasteiger partial charge is 0.409 e. The Kier molecular flexibility index (Phi) is 6.42. The van der Waals surface area contributed by atoms with Crippen LogP contribution in [0, 0.1) is 10.1 Å². The molecule has 29 heavy (non-hydrogen) atoms. The molecular weight excluding hydrogens is 384 g/mol. The lowest BCUT2D eigenvalue weighted by Gasteiger charge is -2.31. The molecule has 1 aromatic heterocycles. The number of amides is 1. The van der Waals surface area contributed by atoms with E-state index in [2.05, 4.69) is 15.5 Å². The largest absolute Gasteiger partial charge is 0.497 e. The molecular formula is C17H22N6O6. The molecule has 0 unspecified atom stereocenters. The number of likely N-dealkylation sites (tertiary alicyclic amines) is 1. The van der Waals surface area contributed by atoms with E-state index in [4.69, 9.17) is 14.2 Å². The van der Waals surface area contributed by atoms with Crippen molar-refractivity contribution >= 4 is 11.8 Å². The topological polar surface area (TPSA) is 135 Å². The quantitative estimate of drug-likeness (QED) is 0.499. The van der Waals surface area contributed by atoms with Crippen molar-refractivity contribution in [3.63, 3.8) is 0 Å². The van der Waals surface area contributed by atoms with Crippen LogP contribution in [0.4, 0.5) is 10.5 Å². The molecule has 1 fully saturated rings. The summed E-state index contributed by atoms with van der Waals surface area (Å²) in [7, 11) is 1.47. The summed E-state index contributed by atoms with van der Waals surface area (Å²) in [6.07, 6.45) is 1.00. The van der Waals surface area contributed by atoms with Crippen LogP contribution in [0.3, 0.4) is 0 Å². The first kappa shape index (κ1) is 20.3. The predicted octanol–water partition coefficient (Wildman–Crippen LogP) is 1.96. The second-order valence-electron chi connectivity index (χ2n) is 6.34. The number of hydrogen-bond donors (Lipinski definition) is 0. The Morgan fingerprint density at radius 3 is 2.76 bits per heavy atom. The minimum Gasteiger partial charge on any atom is -0.497 e. The number of benzene rings is 1. The van der Waals surface area contributed by atoms with Gasteiger partial charge in [-0.1, -0.05) is 0 Å². The minimum absolute atomic E-state index is 0.00503. The van der Waals surface area contributed by atoms with Crippen LogP contribution >= 0.6 is 0 Å². The van der Waals surface area contributed by atoms with E-state index in [1.807, 2.05) is 0 Å². The molecule has 0 N–H and O–H groups in total. The molecule has 12 heteroatoms. The lowest BCUT2D eigenvalue weighted by atomic mass is 10.1. The summed E-state index contributed by atoms with van der Waals surface area (Å²) in [5.41, 5.74) is -0.174. The van der Waals surface area contributed by atoms with Gasteiger partial charge in [-0.25, -0.2) is 9.48 Å². The molecule has 0 radical (unpaired) electrons. The normalized spacial score (nSPS) is 14.5. The zero-order chi connectivity index (χ0) is 20.8. The highest BCUT2D eigenvalue weighted by Crippen LogP contribution is 2.32. The Morgan fingerprint density at radius 2 is 2.10 bits per heavy atom. The summed E-state index contributed by atoms with van der Waals surface area (Å²) in [5, 5.41) is 22.9. The number of rotatable bonds is 7. The van der Waals surface area contributed by atoms with Gasteiger partial charge >= 0.3 is 11.8 Å². The molecule has 1 saturated heterocycles. The van der Waals surface area contributed by atoms with Crippen molar-refractivity contribution in [3.8, 4) is 11.5 Å². The highest BCUT2D eigenvalue weighted by Gasteiger charge is 2.27. The van der Waals surface area contributed by atoms with E-state index in [9.17, 15) is 14.9 Å². The fraction of sp³-hybridized carbons (Fsp3) is 0.529. The molecule has 156 valence electrons. The highest BCUT2D eigenvalue weighted by molar-refractivity contribution is 5.67. The summed E-state index contributed by atoms with van der Waals surface area (Å²) in [4.78, 5) is 24.2. The zero-order valence-electron chi connectivity index (χ0n) is 16.2. The summed E-state index contributed by atoms with van der Waals surface area (Å²) >= 11 is 0. The number of nitro groups is 1. The standard InChI is InChI=1S/C17H22N6O6/c1-3-28-17(24)21-8-6-12(7-9-21)22-16(18-19-20-22)11-29-15-10-13(27-2)4-5-14(15)23(25)26/h4-5,10,12H,3,6-9,11H2,1-2H3. The molecule has 0 atom stereocenters. The Morgan fingerprint density at radius 1 is 1.34 bits per heavy atom. The first-order valence-electron chi connectivity index (χ1n) is 9.17. The van der Waals surface area contributed by atoms with Crippen molar-refractivity contribution in [1.29, 1.82) is 0 Å². The van der Waals surface area contributed by atoms with Crippen LogP contribution in [-0.2, 0) is 11.3 Å². The van der Waals surface area contributed by atoms with Crippen molar-refractivity contribution in [1.82, 2.24) is 25.1 Å². The number of methoxy groups -OCH3 is 1. The first-order chi connectivity index (χ1) is 14.0. The molecule has 1 aromatic carbocycles. The predicted molar refractivity (Wildman–Crippen MR) is 98.7 cm³/mol. The Bertz CT molecular complexity index is 864. The van der Waals surface area contributed by atoms with Crippen LogP contribution in [0.1, 0.15) is 31.6 Å². The van der Waals surface area contributed by atoms with Crippen LogP contribution < -0.4 is 9.47 Å². The molecule has 1 aliphatic rings. The second kappa shape index (κ2) is 9.17. The lowest BCUT2D eigenvalue weighted by Crippen LogP contribution is -2.39. The number of nitro benzene ring substituents is 1. The average molecular weight is 406 g/mol. The lowest BCUT2D eigenvalue weighted by molar-refractivity contribution is -0.386. The van der Waals surface area contributed by atoms with E-state index in [1.54, 1.807) is 16.5 Å². The molecule has 12 nitrogen and oxygen atoms in total. The fourth-order valence-corrected chi connectivity index (χ4v) is 3.13. The van der Waals surface area contributed by atoms with Gasteiger partial charge in [0.05, 0.1) is 24.7 Å². The molecule has 0 spiro atoms. The maximum absolute atomic E-state index is 11.8. The van der Waals surface area contributed by atoms with Gasteiger partial charge in [0, 0.05) is 25.2 Å². The third-order valence-corrected chi connectivity index (χ3v) is 4.62. The molecule has 0 aliphatic carbocycles. The van der Waals surface area contributed by atoms with E-state index in [1.165, 1.54) is 25.3 Å². The number of piperidine rings is 1. The number of tetrazole rings is 1. The molecule has 2 heterocycles. The summed E-state index contributed by atoms with van der Waals surface area (Å²) < 4.78 is 17.4. The number of aromatic nitrogens is 4. The van der Waals surface area contributed by atoms with Gasteiger partial charge in [0.15, 0.2) is 5.82 Å². The maximum atomic E-state index is 11.8. The number of carbonyl (C=O) groups excluding carboxylic acids is 1. The molecule has 0 bridgehead atoms. The van der Waals surface area contributed by atoms with Gasteiger partial charge in [0.25, 0.3) is 0 Å². The average Bonchev–Trinajstić information content (AvgIpc) is 3.20. The van der Waals surface area contributed by atoms with Gasteiger partial charge in [0.1, 0.15) is 12.4 Å². The molecule has 2 aromatic rings. The van der Waals surface area contributed by atoms with E-state index in [0.29, 0.717) is 44.1 Å². The third kappa shape index (κ3) is 4.70. The van der Waals surface area contributed by atoms with Gasteiger partial charge in [-0.3, -0.25) is 10.1 Å². The first-order valence-corrected chi connectivity index (χ1v) is 9.17. The third-order valence-electron chi connectivity index (χ3n) is 4.62. The van der Waals surface area contributed by atoms with E-state index < -0.39 is 4.92 Å². The Balaban J connectivity index is 1.66.